The van der Waals surface area contributed by atoms with E-state index in [2.05, 4.69) is 0 Å². The fourth-order valence-electron chi connectivity index (χ4n) is 0.380. The predicted octanol–water partition coefficient (Wildman–Crippen LogP) is 2.17. The van der Waals surface area contributed by atoms with Gasteiger partial charge < -0.3 is 0 Å². The first-order chi connectivity index (χ1) is 3.31. The predicted molar refractivity (Wildman–Crippen MR) is 30.0 cm³/mol. The molecule has 0 saturated carbocycles. The van der Waals surface area contributed by atoms with E-state index in [-0.39, 0.29) is 12.6 Å². The normalized spacial score (nSPS) is 15.3. The molecule has 0 spiro atoms. The van der Waals surface area contributed by atoms with Gasteiger partial charge in [0.05, 0.1) is 6.67 Å². The van der Waals surface area contributed by atoms with E-state index in [0.717, 1.165) is 0 Å². The van der Waals surface area contributed by atoms with Crippen LogP contribution in [0.2, 0.25) is 0 Å². The quantitative estimate of drug-likeness (QED) is 0.469. The lowest BCUT2D eigenvalue weighted by Gasteiger charge is -1.92. The van der Waals surface area contributed by atoms with Crippen LogP contribution in [-0.4, -0.2) is 6.67 Å². The maximum absolute atomic E-state index is 11.5. The highest BCUT2D eigenvalue weighted by Crippen LogP contribution is 1.95. The average molecular weight is 102 g/mol. The fraction of sp³-hybridized carbons (Fsp3) is 0.667. The Morgan fingerprint density at radius 2 is 2.29 bits per heavy atom. The van der Waals surface area contributed by atoms with Gasteiger partial charge in [-0.1, -0.05) is 19.1 Å². The van der Waals surface area contributed by atoms with Crippen molar-refractivity contribution in [1.82, 2.24) is 0 Å². The summed E-state index contributed by atoms with van der Waals surface area (Å²) in [6.07, 6.45) is 3.71. The van der Waals surface area contributed by atoms with Gasteiger partial charge in [0.25, 0.3) is 0 Å². The molecule has 0 nitrogen and oxygen atoms in total. The van der Waals surface area contributed by atoms with E-state index < -0.39 is 0 Å². The van der Waals surface area contributed by atoms with Gasteiger partial charge in [-0.05, 0) is 6.92 Å². The number of allylic oxidation sites excluding steroid dienone is 2. The molecule has 0 amide bonds. The van der Waals surface area contributed by atoms with E-state index >= 15 is 0 Å². The zero-order chi connectivity index (χ0) is 5.70. The maximum Gasteiger partial charge on any atom is 0.0954 e. The number of rotatable bonds is 2. The van der Waals surface area contributed by atoms with Crippen LogP contribution in [-0.2, 0) is 0 Å². The molecule has 1 unspecified atom stereocenters. The molecule has 0 rings (SSSR count). The first-order valence-electron chi connectivity index (χ1n) is 2.50. The third-order valence-electron chi connectivity index (χ3n) is 0.764. The molecule has 0 aliphatic carbocycles. The van der Waals surface area contributed by atoms with Gasteiger partial charge in [-0.15, -0.1) is 0 Å². The SMILES string of the molecule is C/C=C\C(C)CF. The van der Waals surface area contributed by atoms with Crippen LogP contribution in [0.5, 0.6) is 0 Å². The number of hydrogen-bond acceptors (Lipinski definition) is 0. The standard InChI is InChI=1S/C6H11F/c1-3-4-6(2)5-7/h3-4,6H,5H2,1-2H3/b4-3-. The smallest absolute Gasteiger partial charge is 0.0954 e. The summed E-state index contributed by atoms with van der Waals surface area (Å²) in [4.78, 5) is 0. The van der Waals surface area contributed by atoms with Crippen LogP contribution < -0.4 is 0 Å². The zero-order valence-electron chi connectivity index (χ0n) is 4.82. The molecular formula is C6H11F. The summed E-state index contributed by atoms with van der Waals surface area (Å²) >= 11 is 0. The van der Waals surface area contributed by atoms with Gasteiger partial charge in [-0.3, -0.25) is 4.39 Å². The lowest BCUT2D eigenvalue weighted by atomic mass is 10.2. The van der Waals surface area contributed by atoms with Gasteiger partial charge in [-0.25, -0.2) is 0 Å². The Labute approximate surface area is 44.0 Å². The molecule has 0 aromatic carbocycles. The molecular weight excluding hydrogens is 91.1 g/mol. The van der Waals surface area contributed by atoms with Gasteiger partial charge >= 0.3 is 0 Å². The molecule has 0 saturated heterocycles. The van der Waals surface area contributed by atoms with Crippen molar-refractivity contribution in [2.75, 3.05) is 6.67 Å². The molecule has 1 atom stereocenters. The van der Waals surface area contributed by atoms with Crippen molar-refractivity contribution in [3.05, 3.63) is 12.2 Å². The molecule has 0 radical (unpaired) electrons. The molecule has 0 aromatic rings. The van der Waals surface area contributed by atoms with Gasteiger partial charge in [0.1, 0.15) is 0 Å². The third-order valence-corrected chi connectivity index (χ3v) is 0.764. The molecule has 0 bridgehead atoms. The molecule has 1 heteroatoms. The van der Waals surface area contributed by atoms with Crippen LogP contribution in [0.4, 0.5) is 4.39 Å². The van der Waals surface area contributed by atoms with Crippen molar-refractivity contribution in [2.45, 2.75) is 13.8 Å². The van der Waals surface area contributed by atoms with Crippen LogP contribution in [0.15, 0.2) is 12.2 Å². The Morgan fingerprint density at radius 1 is 1.71 bits per heavy atom. The van der Waals surface area contributed by atoms with Crippen molar-refractivity contribution in [3.8, 4) is 0 Å². The Kier molecular flexibility index (Phi) is 3.67. The lowest BCUT2D eigenvalue weighted by Crippen LogP contribution is -1.88. The molecule has 0 aliphatic heterocycles. The Morgan fingerprint density at radius 3 is 2.43 bits per heavy atom. The summed E-state index contributed by atoms with van der Waals surface area (Å²) in [6.45, 7) is 3.50. The molecule has 0 fully saturated rings. The number of alkyl halides is 1. The van der Waals surface area contributed by atoms with E-state index in [1.807, 2.05) is 26.0 Å². The topological polar surface area (TPSA) is 0 Å². The molecule has 7 heavy (non-hydrogen) atoms. The monoisotopic (exact) mass is 102 g/mol. The highest BCUT2D eigenvalue weighted by Gasteiger charge is 1.89. The summed E-state index contributed by atoms with van der Waals surface area (Å²) in [5.74, 6) is 0.102. The minimum atomic E-state index is -0.246. The van der Waals surface area contributed by atoms with Crippen molar-refractivity contribution in [3.63, 3.8) is 0 Å². The Hall–Kier alpha value is -0.330. The minimum Gasteiger partial charge on any atom is -0.250 e. The van der Waals surface area contributed by atoms with Crippen LogP contribution in [0, 0.1) is 5.92 Å². The van der Waals surface area contributed by atoms with Gasteiger partial charge in [0.2, 0.25) is 0 Å². The molecule has 0 N–H and O–H groups in total. The first kappa shape index (κ1) is 6.67. The Bertz CT molecular complexity index is 57.2. The van der Waals surface area contributed by atoms with Crippen molar-refractivity contribution in [1.29, 1.82) is 0 Å². The highest BCUT2D eigenvalue weighted by molar-refractivity contribution is 4.81. The number of hydrogen-bond donors (Lipinski definition) is 0. The van der Waals surface area contributed by atoms with Crippen molar-refractivity contribution < 1.29 is 4.39 Å². The van der Waals surface area contributed by atoms with Crippen LogP contribution in [0.25, 0.3) is 0 Å². The van der Waals surface area contributed by atoms with E-state index in [1.165, 1.54) is 0 Å². The van der Waals surface area contributed by atoms with E-state index in [0.29, 0.717) is 0 Å². The van der Waals surface area contributed by atoms with Crippen LogP contribution >= 0.6 is 0 Å². The molecule has 42 valence electrons. The largest absolute Gasteiger partial charge is 0.250 e. The summed E-state index contributed by atoms with van der Waals surface area (Å²) in [5, 5.41) is 0. The Balaban J connectivity index is 3.16. The van der Waals surface area contributed by atoms with E-state index in [9.17, 15) is 4.39 Å². The third kappa shape index (κ3) is 3.50. The van der Waals surface area contributed by atoms with Crippen LogP contribution in [0.3, 0.4) is 0 Å². The highest BCUT2D eigenvalue weighted by atomic mass is 19.1. The second kappa shape index (κ2) is 3.85. The van der Waals surface area contributed by atoms with Crippen molar-refractivity contribution in [2.24, 2.45) is 5.92 Å². The summed E-state index contributed by atoms with van der Waals surface area (Å²) in [5.41, 5.74) is 0. The maximum atomic E-state index is 11.5. The van der Waals surface area contributed by atoms with E-state index in [4.69, 9.17) is 0 Å². The second-order valence-electron chi connectivity index (χ2n) is 1.66. The van der Waals surface area contributed by atoms with Crippen molar-refractivity contribution >= 4 is 0 Å². The summed E-state index contributed by atoms with van der Waals surface area (Å²) in [6, 6.07) is 0. The summed E-state index contributed by atoms with van der Waals surface area (Å²) in [7, 11) is 0. The molecule has 0 aliphatic rings. The second-order valence-corrected chi connectivity index (χ2v) is 1.66. The fourth-order valence-corrected chi connectivity index (χ4v) is 0.380. The van der Waals surface area contributed by atoms with E-state index in [1.54, 1.807) is 0 Å². The van der Waals surface area contributed by atoms with Gasteiger partial charge in [-0.2, -0.15) is 0 Å². The number of halogens is 1. The zero-order valence-corrected chi connectivity index (χ0v) is 4.82. The average Bonchev–Trinajstić information content (AvgIpc) is 1.68. The lowest BCUT2D eigenvalue weighted by molar-refractivity contribution is 0.430. The molecule has 0 heterocycles. The summed E-state index contributed by atoms with van der Waals surface area (Å²) < 4.78 is 11.5. The molecule has 0 aromatic heterocycles. The minimum absolute atomic E-state index is 0.102. The first-order valence-corrected chi connectivity index (χ1v) is 2.50. The van der Waals surface area contributed by atoms with Gasteiger partial charge in [0.15, 0.2) is 0 Å². The van der Waals surface area contributed by atoms with Gasteiger partial charge in [0, 0.05) is 5.92 Å². The van der Waals surface area contributed by atoms with Crippen LogP contribution in [0.1, 0.15) is 13.8 Å².